The molecule has 0 bridgehead atoms. The fourth-order valence-electron chi connectivity index (χ4n) is 3.05. The van der Waals surface area contributed by atoms with Gasteiger partial charge in [0.05, 0.1) is 12.8 Å². The largest absolute Gasteiger partial charge is 0.481 e. The van der Waals surface area contributed by atoms with Gasteiger partial charge in [-0.05, 0) is 29.7 Å². The first-order valence-corrected chi connectivity index (χ1v) is 9.59. The van der Waals surface area contributed by atoms with Crippen LogP contribution in [0.2, 0.25) is 5.02 Å². The van der Waals surface area contributed by atoms with Crippen molar-refractivity contribution < 1.29 is 38.1 Å². The Labute approximate surface area is 181 Å². The molecule has 0 heterocycles. The van der Waals surface area contributed by atoms with Gasteiger partial charge in [0, 0.05) is 23.0 Å². The van der Waals surface area contributed by atoms with Crippen molar-refractivity contribution in [2.24, 2.45) is 0 Å². The van der Waals surface area contributed by atoms with Gasteiger partial charge in [-0.1, -0.05) is 41.9 Å². The third kappa shape index (κ3) is 7.86. The van der Waals surface area contributed by atoms with E-state index in [1.165, 1.54) is 12.1 Å². The van der Waals surface area contributed by atoms with Crippen LogP contribution in [-0.4, -0.2) is 40.7 Å². The van der Waals surface area contributed by atoms with Gasteiger partial charge in [-0.15, -0.1) is 0 Å². The Bertz CT molecular complexity index is 939. The summed E-state index contributed by atoms with van der Waals surface area (Å²) in [7, 11) is 0. The van der Waals surface area contributed by atoms with Crippen LogP contribution in [0.4, 0.5) is 8.78 Å². The molecule has 0 saturated heterocycles. The Morgan fingerprint density at radius 2 is 1.71 bits per heavy atom. The summed E-state index contributed by atoms with van der Waals surface area (Å²) < 4.78 is 30.7. The van der Waals surface area contributed by atoms with Crippen LogP contribution in [0.25, 0.3) is 11.1 Å². The molecule has 0 fully saturated rings. The van der Waals surface area contributed by atoms with Crippen molar-refractivity contribution in [3.8, 4) is 16.9 Å². The van der Waals surface area contributed by atoms with E-state index in [2.05, 4.69) is 10.1 Å². The number of hydrogen-bond donors (Lipinski definition) is 3. The third-order valence-electron chi connectivity index (χ3n) is 4.28. The van der Waals surface area contributed by atoms with Gasteiger partial charge < -0.3 is 20.3 Å². The molecule has 0 spiro atoms. The fourth-order valence-corrected chi connectivity index (χ4v) is 3.26. The van der Waals surface area contributed by atoms with E-state index >= 15 is 0 Å². The van der Waals surface area contributed by atoms with Gasteiger partial charge in [0.1, 0.15) is 5.75 Å². The second kappa shape index (κ2) is 11.3. The van der Waals surface area contributed by atoms with E-state index in [4.69, 9.17) is 16.7 Å². The summed E-state index contributed by atoms with van der Waals surface area (Å²) in [5.74, 6) is -3.31. The molecule has 1 atom stereocenters. The Morgan fingerprint density at radius 3 is 2.29 bits per heavy atom. The standard InChI is InChI=1S/C21H20ClF2NO6/c22-13-8-15(12-4-2-1-3-5-12)16(17(9-13)31-21(23)24)10-14(11-20(29)30)25-18(26)6-7-19(27)28/h1-5,8-9,14,21H,6-7,10-11H2,(H,25,26)(H,27,28)(H,29,30). The van der Waals surface area contributed by atoms with Crippen molar-refractivity contribution in [3.05, 3.63) is 53.1 Å². The number of amides is 1. The molecular formula is C21H20ClF2NO6. The number of rotatable bonds is 11. The normalized spacial score (nSPS) is 11.7. The van der Waals surface area contributed by atoms with Gasteiger partial charge in [0.25, 0.3) is 0 Å². The maximum absolute atomic E-state index is 13.0. The molecular weight excluding hydrogens is 436 g/mol. The van der Waals surface area contributed by atoms with Gasteiger partial charge in [-0.2, -0.15) is 8.78 Å². The first kappa shape index (κ1) is 24.1. The molecule has 31 heavy (non-hydrogen) atoms. The van der Waals surface area contributed by atoms with Crippen LogP contribution in [0.15, 0.2) is 42.5 Å². The first-order chi connectivity index (χ1) is 14.7. The number of halogens is 3. The highest BCUT2D eigenvalue weighted by molar-refractivity contribution is 6.31. The van der Waals surface area contributed by atoms with Gasteiger partial charge in [0.15, 0.2) is 0 Å². The van der Waals surface area contributed by atoms with Crippen LogP contribution in [0.1, 0.15) is 24.8 Å². The van der Waals surface area contributed by atoms with E-state index in [9.17, 15) is 28.3 Å². The summed E-state index contributed by atoms with van der Waals surface area (Å²) >= 11 is 6.09. The zero-order chi connectivity index (χ0) is 23.0. The number of nitrogens with one attached hydrogen (secondary N) is 1. The highest BCUT2D eigenvalue weighted by atomic mass is 35.5. The van der Waals surface area contributed by atoms with E-state index in [1.807, 2.05) is 0 Å². The van der Waals surface area contributed by atoms with Crippen LogP contribution < -0.4 is 10.1 Å². The molecule has 2 rings (SSSR count). The summed E-state index contributed by atoms with van der Waals surface area (Å²) in [4.78, 5) is 34.0. The lowest BCUT2D eigenvalue weighted by atomic mass is 9.93. The Balaban J connectivity index is 2.44. The molecule has 2 aromatic carbocycles. The van der Waals surface area contributed by atoms with E-state index in [1.54, 1.807) is 30.3 Å². The Morgan fingerprint density at radius 1 is 1.03 bits per heavy atom. The second-order valence-corrected chi connectivity index (χ2v) is 7.07. The van der Waals surface area contributed by atoms with Gasteiger partial charge >= 0.3 is 18.6 Å². The van der Waals surface area contributed by atoms with Gasteiger partial charge in [0.2, 0.25) is 5.91 Å². The van der Waals surface area contributed by atoms with Crippen LogP contribution in [0.3, 0.4) is 0 Å². The third-order valence-corrected chi connectivity index (χ3v) is 4.50. The van der Waals surface area contributed by atoms with Crippen molar-refractivity contribution in [2.75, 3.05) is 0 Å². The zero-order valence-electron chi connectivity index (χ0n) is 16.2. The topological polar surface area (TPSA) is 113 Å². The zero-order valence-corrected chi connectivity index (χ0v) is 16.9. The minimum atomic E-state index is -3.15. The minimum Gasteiger partial charge on any atom is -0.481 e. The van der Waals surface area contributed by atoms with Crippen LogP contribution in [-0.2, 0) is 20.8 Å². The monoisotopic (exact) mass is 455 g/mol. The highest BCUT2D eigenvalue weighted by Crippen LogP contribution is 2.36. The van der Waals surface area contributed by atoms with Gasteiger partial charge in [-0.3, -0.25) is 14.4 Å². The number of benzene rings is 2. The maximum Gasteiger partial charge on any atom is 0.387 e. The molecule has 10 heteroatoms. The Kier molecular flexibility index (Phi) is 8.75. The molecule has 1 amide bonds. The number of carbonyl (C=O) groups excluding carboxylic acids is 1. The number of carboxylic acid groups (broad SMARTS) is 2. The number of carbonyl (C=O) groups is 3. The molecule has 166 valence electrons. The number of hydrogen-bond acceptors (Lipinski definition) is 4. The highest BCUT2D eigenvalue weighted by Gasteiger charge is 2.23. The first-order valence-electron chi connectivity index (χ1n) is 9.21. The van der Waals surface area contributed by atoms with Gasteiger partial charge in [-0.25, -0.2) is 0 Å². The number of ether oxygens (including phenoxy) is 1. The molecule has 3 N–H and O–H groups in total. The quantitative estimate of drug-likeness (QED) is 0.472. The van der Waals surface area contributed by atoms with Crippen LogP contribution in [0, 0.1) is 0 Å². The second-order valence-electron chi connectivity index (χ2n) is 6.63. The van der Waals surface area contributed by atoms with E-state index in [0.29, 0.717) is 11.1 Å². The fraction of sp³-hybridized carbons (Fsp3) is 0.286. The van der Waals surface area contributed by atoms with Crippen LogP contribution in [0.5, 0.6) is 5.75 Å². The average molecular weight is 456 g/mol. The van der Waals surface area contributed by atoms with Crippen molar-refractivity contribution in [1.29, 1.82) is 0 Å². The number of alkyl halides is 2. The molecule has 0 aliphatic heterocycles. The predicted octanol–water partition coefficient (Wildman–Crippen LogP) is 3.98. The molecule has 0 radical (unpaired) electrons. The molecule has 7 nitrogen and oxygen atoms in total. The summed E-state index contributed by atoms with van der Waals surface area (Å²) in [6.45, 7) is -3.15. The van der Waals surface area contributed by atoms with Crippen molar-refractivity contribution in [3.63, 3.8) is 0 Å². The smallest absolute Gasteiger partial charge is 0.387 e. The molecule has 2 aromatic rings. The summed E-state index contributed by atoms with van der Waals surface area (Å²) in [6.07, 6.45) is -1.45. The van der Waals surface area contributed by atoms with E-state index < -0.39 is 43.3 Å². The van der Waals surface area contributed by atoms with Crippen molar-refractivity contribution >= 4 is 29.4 Å². The van der Waals surface area contributed by atoms with Crippen LogP contribution >= 0.6 is 11.6 Å². The Hall–Kier alpha value is -3.20. The molecule has 0 saturated carbocycles. The lowest BCUT2D eigenvalue weighted by Gasteiger charge is -2.22. The molecule has 0 aliphatic carbocycles. The SMILES string of the molecule is O=C(O)CCC(=O)NC(CC(=O)O)Cc1c(OC(F)F)cc(Cl)cc1-c1ccccc1. The number of aliphatic carboxylic acids is 2. The maximum atomic E-state index is 13.0. The summed E-state index contributed by atoms with van der Waals surface area (Å²) in [5, 5.41) is 20.5. The van der Waals surface area contributed by atoms with Crippen molar-refractivity contribution in [1.82, 2.24) is 5.32 Å². The summed E-state index contributed by atoms with van der Waals surface area (Å²) in [6, 6.07) is 10.4. The number of carboxylic acids is 2. The van der Waals surface area contributed by atoms with Crippen molar-refractivity contribution in [2.45, 2.75) is 38.3 Å². The van der Waals surface area contributed by atoms with E-state index in [0.717, 1.165) is 0 Å². The van der Waals surface area contributed by atoms with E-state index in [-0.39, 0.29) is 29.2 Å². The molecule has 0 aliphatic rings. The predicted molar refractivity (Wildman–Crippen MR) is 108 cm³/mol. The average Bonchev–Trinajstić information content (AvgIpc) is 2.67. The lowest BCUT2D eigenvalue weighted by molar-refractivity contribution is -0.140. The lowest BCUT2D eigenvalue weighted by Crippen LogP contribution is -2.38. The molecule has 1 unspecified atom stereocenters. The minimum absolute atomic E-state index is 0.138. The summed E-state index contributed by atoms with van der Waals surface area (Å²) in [5.41, 5.74) is 1.31. The molecule has 0 aromatic heterocycles.